The van der Waals surface area contributed by atoms with Gasteiger partial charge in [0.05, 0.1) is 12.0 Å². The summed E-state index contributed by atoms with van der Waals surface area (Å²) < 4.78 is 4.94. The molecular weight excluding hydrogens is 172 g/mol. The molecule has 1 aliphatic rings. The molecule has 1 aliphatic heterocycles. The van der Waals surface area contributed by atoms with E-state index >= 15 is 0 Å². The second-order valence-electron chi connectivity index (χ2n) is 3.66. The van der Waals surface area contributed by atoms with Crippen molar-refractivity contribution >= 4 is 11.9 Å². The molecule has 3 atom stereocenters. The van der Waals surface area contributed by atoms with Crippen molar-refractivity contribution in [2.75, 3.05) is 0 Å². The van der Waals surface area contributed by atoms with Gasteiger partial charge in [0.1, 0.15) is 0 Å². The predicted octanol–water partition coefficient (Wildman–Crippen LogP) is 1.05. The first-order valence-electron chi connectivity index (χ1n) is 4.43. The molecule has 1 saturated heterocycles. The highest BCUT2D eigenvalue weighted by Crippen LogP contribution is 2.29. The van der Waals surface area contributed by atoms with E-state index in [1.54, 1.807) is 6.92 Å². The fourth-order valence-electron chi connectivity index (χ4n) is 1.67. The summed E-state index contributed by atoms with van der Waals surface area (Å²) in [5, 5.41) is 8.54. The first-order chi connectivity index (χ1) is 6.00. The lowest BCUT2D eigenvalue weighted by Crippen LogP contribution is -2.19. The summed E-state index contributed by atoms with van der Waals surface area (Å²) in [4.78, 5) is 21.6. The van der Waals surface area contributed by atoms with E-state index in [-0.39, 0.29) is 30.3 Å². The van der Waals surface area contributed by atoms with Gasteiger partial charge in [0.25, 0.3) is 0 Å². The molecule has 0 aromatic heterocycles. The van der Waals surface area contributed by atoms with Crippen LogP contribution in [0, 0.1) is 11.8 Å². The van der Waals surface area contributed by atoms with Crippen molar-refractivity contribution in [1.29, 1.82) is 0 Å². The summed E-state index contributed by atoms with van der Waals surface area (Å²) in [6.45, 7) is 3.60. The summed E-state index contributed by atoms with van der Waals surface area (Å²) in [6, 6.07) is 0. The molecule has 1 fully saturated rings. The van der Waals surface area contributed by atoms with Crippen molar-refractivity contribution < 1.29 is 19.4 Å². The minimum Gasteiger partial charge on any atom is -0.481 e. The highest BCUT2D eigenvalue weighted by molar-refractivity contribution is 5.76. The van der Waals surface area contributed by atoms with Crippen LogP contribution in [0.25, 0.3) is 0 Å². The Kier molecular flexibility index (Phi) is 2.90. The van der Waals surface area contributed by atoms with Crippen molar-refractivity contribution in [1.82, 2.24) is 0 Å². The fraction of sp³-hybridized carbons (Fsp3) is 0.778. The van der Waals surface area contributed by atoms with Gasteiger partial charge in [-0.3, -0.25) is 9.59 Å². The number of carbonyl (C=O) groups is 2. The monoisotopic (exact) mass is 186 g/mol. The normalized spacial score (nSPS) is 29.8. The van der Waals surface area contributed by atoms with Gasteiger partial charge in [-0.15, -0.1) is 0 Å². The number of carbonyl (C=O) groups excluding carboxylic acids is 1. The SMILES string of the molecule is CC1CC(C(C)CC(=O)O)C(=O)O1. The Morgan fingerprint density at radius 2 is 2.38 bits per heavy atom. The molecular formula is C9H14O4. The molecule has 3 unspecified atom stereocenters. The van der Waals surface area contributed by atoms with Crippen LogP contribution in [0.1, 0.15) is 26.7 Å². The molecule has 1 rings (SSSR count). The molecule has 74 valence electrons. The minimum absolute atomic E-state index is 0.0342. The van der Waals surface area contributed by atoms with Crippen molar-refractivity contribution in [3.05, 3.63) is 0 Å². The molecule has 0 spiro atoms. The lowest BCUT2D eigenvalue weighted by molar-refractivity contribution is -0.145. The standard InChI is InChI=1S/C9H14O4/c1-5(3-8(10)11)7-4-6(2)13-9(7)12/h5-7H,3-4H2,1-2H3,(H,10,11). The quantitative estimate of drug-likeness (QED) is 0.669. The number of carboxylic acid groups (broad SMARTS) is 1. The van der Waals surface area contributed by atoms with Gasteiger partial charge in [-0.05, 0) is 19.3 Å². The van der Waals surface area contributed by atoms with E-state index in [0.29, 0.717) is 6.42 Å². The smallest absolute Gasteiger partial charge is 0.309 e. The van der Waals surface area contributed by atoms with Gasteiger partial charge in [-0.1, -0.05) is 6.92 Å². The lowest BCUT2D eigenvalue weighted by Gasteiger charge is -2.12. The summed E-state index contributed by atoms with van der Waals surface area (Å²) in [6.07, 6.45) is 0.619. The Morgan fingerprint density at radius 1 is 1.77 bits per heavy atom. The second-order valence-corrected chi connectivity index (χ2v) is 3.66. The number of rotatable bonds is 3. The van der Waals surface area contributed by atoms with E-state index in [2.05, 4.69) is 0 Å². The zero-order valence-electron chi connectivity index (χ0n) is 7.82. The van der Waals surface area contributed by atoms with Gasteiger partial charge >= 0.3 is 11.9 Å². The molecule has 1 heterocycles. The number of carboxylic acids is 1. The largest absolute Gasteiger partial charge is 0.481 e. The molecule has 13 heavy (non-hydrogen) atoms. The molecule has 1 N–H and O–H groups in total. The van der Waals surface area contributed by atoms with Crippen LogP contribution in [-0.2, 0) is 14.3 Å². The molecule has 0 amide bonds. The number of esters is 1. The Bertz CT molecular complexity index is 224. The van der Waals surface area contributed by atoms with Crippen LogP contribution in [0.2, 0.25) is 0 Å². The van der Waals surface area contributed by atoms with Crippen LogP contribution in [-0.4, -0.2) is 23.1 Å². The van der Waals surface area contributed by atoms with E-state index in [4.69, 9.17) is 9.84 Å². The minimum atomic E-state index is -0.861. The third kappa shape index (κ3) is 2.44. The van der Waals surface area contributed by atoms with E-state index in [1.807, 2.05) is 6.92 Å². The third-order valence-corrected chi connectivity index (χ3v) is 2.39. The highest BCUT2D eigenvalue weighted by Gasteiger charge is 2.36. The zero-order chi connectivity index (χ0) is 10.0. The number of ether oxygens (including phenoxy) is 1. The van der Waals surface area contributed by atoms with E-state index in [1.165, 1.54) is 0 Å². The summed E-state index contributed by atoms with van der Waals surface area (Å²) in [5.41, 5.74) is 0. The average molecular weight is 186 g/mol. The van der Waals surface area contributed by atoms with Crippen molar-refractivity contribution in [3.63, 3.8) is 0 Å². The molecule has 0 bridgehead atoms. The highest BCUT2D eigenvalue weighted by atomic mass is 16.5. The number of cyclic esters (lactones) is 1. The topological polar surface area (TPSA) is 63.6 Å². The maximum Gasteiger partial charge on any atom is 0.309 e. The van der Waals surface area contributed by atoms with Crippen molar-refractivity contribution in [2.45, 2.75) is 32.8 Å². The number of aliphatic carboxylic acids is 1. The molecule has 4 nitrogen and oxygen atoms in total. The second kappa shape index (κ2) is 3.77. The van der Waals surface area contributed by atoms with Crippen molar-refractivity contribution in [2.24, 2.45) is 11.8 Å². The lowest BCUT2D eigenvalue weighted by atomic mass is 9.89. The first-order valence-corrected chi connectivity index (χ1v) is 4.43. The van der Waals surface area contributed by atoms with Gasteiger partial charge in [0.2, 0.25) is 0 Å². The number of hydrogen-bond acceptors (Lipinski definition) is 3. The van der Waals surface area contributed by atoms with Crippen molar-refractivity contribution in [3.8, 4) is 0 Å². The van der Waals surface area contributed by atoms with E-state index in [0.717, 1.165) is 0 Å². The van der Waals surface area contributed by atoms with E-state index < -0.39 is 5.97 Å². The van der Waals surface area contributed by atoms with Gasteiger partial charge in [-0.2, -0.15) is 0 Å². The molecule has 0 aliphatic carbocycles. The van der Waals surface area contributed by atoms with Crippen LogP contribution >= 0.6 is 0 Å². The molecule has 0 aromatic rings. The Morgan fingerprint density at radius 3 is 2.77 bits per heavy atom. The molecule has 0 aromatic carbocycles. The van der Waals surface area contributed by atoms with Crippen LogP contribution in [0.15, 0.2) is 0 Å². The molecule has 0 radical (unpaired) electrons. The van der Waals surface area contributed by atoms with Crippen LogP contribution in [0.5, 0.6) is 0 Å². The summed E-state index contributed by atoms with van der Waals surface area (Å²) >= 11 is 0. The van der Waals surface area contributed by atoms with E-state index in [9.17, 15) is 9.59 Å². The van der Waals surface area contributed by atoms with Gasteiger partial charge < -0.3 is 9.84 Å². The molecule has 0 saturated carbocycles. The fourth-order valence-corrected chi connectivity index (χ4v) is 1.67. The first kappa shape index (κ1) is 10.0. The summed E-state index contributed by atoms with van der Waals surface area (Å²) in [5.74, 6) is -1.47. The maximum atomic E-state index is 11.2. The Balaban J connectivity index is 2.51. The summed E-state index contributed by atoms with van der Waals surface area (Å²) in [7, 11) is 0. The van der Waals surface area contributed by atoms with Gasteiger partial charge in [0.15, 0.2) is 0 Å². The average Bonchev–Trinajstić information content (AvgIpc) is 2.28. The number of hydrogen-bond donors (Lipinski definition) is 1. The van der Waals surface area contributed by atoms with Crippen LogP contribution in [0.3, 0.4) is 0 Å². The van der Waals surface area contributed by atoms with Gasteiger partial charge in [-0.25, -0.2) is 0 Å². The Hall–Kier alpha value is -1.06. The van der Waals surface area contributed by atoms with Crippen LogP contribution < -0.4 is 0 Å². The Labute approximate surface area is 76.9 Å². The zero-order valence-corrected chi connectivity index (χ0v) is 7.82. The third-order valence-electron chi connectivity index (χ3n) is 2.39. The van der Waals surface area contributed by atoms with Crippen LogP contribution in [0.4, 0.5) is 0 Å². The predicted molar refractivity (Wildman–Crippen MR) is 45.1 cm³/mol. The molecule has 4 heteroatoms. The maximum absolute atomic E-state index is 11.2. The van der Waals surface area contributed by atoms with Gasteiger partial charge in [0, 0.05) is 6.42 Å².